The molecule has 5 nitrogen and oxygen atoms in total. The maximum Gasteiger partial charge on any atom is 0.229 e. The zero-order valence-corrected chi connectivity index (χ0v) is 17.8. The van der Waals surface area contributed by atoms with E-state index in [2.05, 4.69) is 64.2 Å². The number of benzene rings is 2. The van der Waals surface area contributed by atoms with Gasteiger partial charge in [0.05, 0.1) is 12.1 Å². The van der Waals surface area contributed by atoms with Gasteiger partial charge in [0.25, 0.3) is 0 Å². The van der Waals surface area contributed by atoms with E-state index in [1.54, 1.807) is 0 Å². The third-order valence-electron chi connectivity index (χ3n) is 6.53. The van der Waals surface area contributed by atoms with Gasteiger partial charge in [-0.25, -0.2) is 0 Å². The number of hydrogen-bond donors (Lipinski definition) is 3. The Morgan fingerprint density at radius 1 is 1.13 bits per heavy atom. The van der Waals surface area contributed by atoms with Crippen LogP contribution in [0.1, 0.15) is 24.5 Å². The summed E-state index contributed by atoms with van der Waals surface area (Å²) in [4.78, 5) is 15.5. The Bertz CT molecular complexity index is 960. The molecule has 2 fully saturated rings. The first-order chi connectivity index (χ1) is 14.6. The van der Waals surface area contributed by atoms with Gasteiger partial charge in [0.15, 0.2) is 6.29 Å². The van der Waals surface area contributed by atoms with Crippen molar-refractivity contribution in [2.45, 2.75) is 38.3 Å². The molecular formula is C24H27ClN4O. The highest BCUT2D eigenvalue weighted by Crippen LogP contribution is 2.35. The average molecular weight is 423 g/mol. The van der Waals surface area contributed by atoms with Crippen LogP contribution in [-0.2, 0) is 11.2 Å². The zero-order chi connectivity index (χ0) is 20.7. The fourth-order valence-corrected chi connectivity index (χ4v) is 5.19. The Hall–Kier alpha value is -2.34. The van der Waals surface area contributed by atoms with Crippen molar-refractivity contribution in [2.24, 2.45) is 11.8 Å². The van der Waals surface area contributed by atoms with Gasteiger partial charge < -0.3 is 15.5 Å². The van der Waals surface area contributed by atoms with Crippen LogP contribution in [0.2, 0.25) is 5.02 Å². The lowest BCUT2D eigenvalue weighted by atomic mass is 9.81. The van der Waals surface area contributed by atoms with E-state index < -0.39 is 0 Å². The summed E-state index contributed by atoms with van der Waals surface area (Å²) in [5.74, 6) is 0.161. The summed E-state index contributed by atoms with van der Waals surface area (Å²) >= 11 is 5.98. The van der Waals surface area contributed by atoms with Crippen molar-refractivity contribution in [3.63, 3.8) is 0 Å². The number of halogens is 1. The Labute approximate surface area is 182 Å². The standard InChI is InChI=1S/C24H27ClN4O/c1-15-14-18-4-2-3-5-20(18)29(15)24-27-22-21(23(30)28-24)17(12-13-26-22)9-6-16-7-10-19(25)11-8-16/h2-11,15,17,21-22,24,26-27H,12-14H2,1H3,(H,28,30)/b9-6+. The number of allylic oxidation sites excluding steroid dienone is 1. The molecule has 0 bridgehead atoms. The van der Waals surface area contributed by atoms with Crippen LogP contribution >= 0.6 is 11.6 Å². The minimum Gasteiger partial charge on any atom is -0.336 e. The van der Waals surface area contributed by atoms with Gasteiger partial charge in [-0.1, -0.05) is 54.1 Å². The Kier molecular flexibility index (Phi) is 5.27. The zero-order valence-electron chi connectivity index (χ0n) is 17.0. The summed E-state index contributed by atoms with van der Waals surface area (Å²) < 4.78 is 0. The fourth-order valence-electron chi connectivity index (χ4n) is 5.07. The van der Waals surface area contributed by atoms with E-state index in [4.69, 9.17) is 11.6 Å². The van der Waals surface area contributed by atoms with Crippen molar-refractivity contribution in [3.8, 4) is 0 Å². The number of amides is 1. The molecular weight excluding hydrogens is 396 g/mol. The van der Waals surface area contributed by atoms with E-state index >= 15 is 0 Å². The van der Waals surface area contributed by atoms with Crippen molar-refractivity contribution < 1.29 is 4.79 Å². The molecule has 6 heteroatoms. The number of nitrogens with one attached hydrogen (secondary N) is 3. The van der Waals surface area contributed by atoms with Crippen LogP contribution in [0.15, 0.2) is 54.6 Å². The van der Waals surface area contributed by atoms with Gasteiger partial charge in [-0.3, -0.25) is 10.1 Å². The van der Waals surface area contributed by atoms with Gasteiger partial charge in [0, 0.05) is 16.8 Å². The van der Waals surface area contributed by atoms with Gasteiger partial charge in [-0.2, -0.15) is 0 Å². The fraction of sp³-hybridized carbons (Fsp3) is 0.375. The SMILES string of the molecule is CC1Cc2ccccc2N1C1NC(=O)C2C(/C=C/c3ccc(Cl)cc3)CCNC2N1. The molecule has 30 heavy (non-hydrogen) atoms. The molecule has 3 heterocycles. The monoisotopic (exact) mass is 422 g/mol. The minimum absolute atomic E-state index is 0.0441. The lowest BCUT2D eigenvalue weighted by Gasteiger charge is -2.47. The maximum atomic E-state index is 13.2. The third-order valence-corrected chi connectivity index (χ3v) is 6.78. The highest BCUT2D eigenvalue weighted by molar-refractivity contribution is 6.30. The number of hydrogen-bond acceptors (Lipinski definition) is 4. The topological polar surface area (TPSA) is 56.4 Å². The Morgan fingerprint density at radius 2 is 1.93 bits per heavy atom. The molecule has 3 aliphatic heterocycles. The molecule has 156 valence electrons. The average Bonchev–Trinajstić information content (AvgIpc) is 3.08. The first-order valence-corrected chi connectivity index (χ1v) is 11.1. The number of anilines is 1. The third kappa shape index (κ3) is 3.62. The molecule has 3 aliphatic rings. The highest BCUT2D eigenvalue weighted by atomic mass is 35.5. The molecule has 0 aliphatic carbocycles. The van der Waals surface area contributed by atoms with Crippen molar-refractivity contribution in [1.29, 1.82) is 0 Å². The van der Waals surface area contributed by atoms with Crippen molar-refractivity contribution in [3.05, 3.63) is 70.8 Å². The van der Waals surface area contributed by atoms with E-state index in [9.17, 15) is 4.79 Å². The summed E-state index contributed by atoms with van der Waals surface area (Å²) in [5, 5.41) is 11.2. The van der Waals surface area contributed by atoms with Crippen molar-refractivity contribution in [2.75, 3.05) is 11.4 Å². The number of para-hydroxylation sites is 1. The molecule has 0 saturated carbocycles. The van der Waals surface area contributed by atoms with E-state index in [-0.39, 0.29) is 30.2 Å². The summed E-state index contributed by atoms with van der Waals surface area (Å²) in [6.45, 7) is 3.10. The largest absolute Gasteiger partial charge is 0.336 e. The van der Waals surface area contributed by atoms with Gasteiger partial charge in [-0.15, -0.1) is 0 Å². The number of nitrogens with zero attached hydrogens (tertiary/aromatic N) is 1. The van der Waals surface area contributed by atoms with E-state index in [1.165, 1.54) is 11.3 Å². The number of carbonyl (C=O) groups excluding carboxylic acids is 1. The molecule has 2 aromatic carbocycles. The van der Waals surface area contributed by atoms with E-state index in [1.807, 2.05) is 24.3 Å². The van der Waals surface area contributed by atoms with Crippen LogP contribution in [-0.4, -0.2) is 30.9 Å². The summed E-state index contributed by atoms with van der Waals surface area (Å²) in [5.41, 5.74) is 3.64. The minimum atomic E-state index is -0.205. The molecule has 5 unspecified atom stereocenters. The van der Waals surface area contributed by atoms with Crippen molar-refractivity contribution >= 4 is 29.3 Å². The lowest BCUT2D eigenvalue weighted by Crippen LogP contribution is -2.73. The quantitative estimate of drug-likeness (QED) is 0.710. The molecule has 0 aromatic heterocycles. The lowest BCUT2D eigenvalue weighted by molar-refractivity contribution is -0.132. The van der Waals surface area contributed by atoms with E-state index in [0.29, 0.717) is 6.04 Å². The van der Waals surface area contributed by atoms with Gasteiger partial charge >= 0.3 is 0 Å². The molecule has 5 rings (SSSR count). The van der Waals surface area contributed by atoms with Crippen molar-refractivity contribution in [1.82, 2.24) is 16.0 Å². The number of fused-ring (bicyclic) bond motifs is 2. The summed E-state index contributed by atoms with van der Waals surface area (Å²) in [6.07, 6.45) is 5.96. The first-order valence-electron chi connectivity index (χ1n) is 10.7. The van der Waals surface area contributed by atoms with Gasteiger partial charge in [0.1, 0.15) is 0 Å². The smallest absolute Gasteiger partial charge is 0.229 e. The van der Waals surface area contributed by atoms with Crippen LogP contribution in [0, 0.1) is 11.8 Å². The maximum absolute atomic E-state index is 13.2. The van der Waals surface area contributed by atoms with Crippen LogP contribution in [0.5, 0.6) is 0 Å². The second-order valence-corrected chi connectivity index (χ2v) is 8.92. The predicted octanol–water partition coefficient (Wildman–Crippen LogP) is 3.36. The Balaban J connectivity index is 1.34. The highest BCUT2D eigenvalue weighted by Gasteiger charge is 2.45. The molecule has 0 spiro atoms. The molecule has 5 atom stereocenters. The van der Waals surface area contributed by atoms with E-state index in [0.717, 1.165) is 30.0 Å². The van der Waals surface area contributed by atoms with Crippen LogP contribution in [0.4, 0.5) is 5.69 Å². The first kappa shape index (κ1) is 19.6. The van der Waals surface area contributed by atoms with Crippen LogP contribution < -0.4 is 20.9 Å². The normalized spacial score (nSPS) is 30.8. The summed E-state index contributed by atoms with van der Waals surface area (Å²) in [6, 6.07) is 16.6. The molecule has 1 amide bonds. The second-order valence-electron chi connectivity index (χ2n) is 8.49. The van der Waals surface area contributed by atoms with Gasteiger partial charge in [0.2, 0.25) is 5.91 Å². The predicted molar refractivity (Wildman–Crippen MR) is 121 cm³/mol. The second kappa shape index (κ2) is 8.06. The van der Waals surface area contributed by atoms with Gasteiger partial charge in [-0.05, 0) is 61.6 Å². The summed E-state index contributed by atoms with van der Waals surface area (Å²) in [7, 11) is 0. The van der Waals surface area contributed by atoms with Crippen LogP contribution in [0.25, 0.3) is 6.08 Å². The Morgan fingerprint density at radius 3 is 2.77 bits per heavy atom. The number of rotatable bonds is 3. The number of carbonyl (C=O) groups is 1. The van der Waals surface area contributed by atoms with Crippen LogP contribution in [0.3, 0.4) is 0 Å². The molecule has 2 aromatic rings. The molecule has 2 saturated heterocycles. The molecule has 0 radical (unpaired) electrons. The number of piperidine rings is 1. The molecule has 3 N–H and O–H groups in total.